The van der Waals surface area contributed by atoms with Crippen LogP contribution in [0.1, 0.15) is 12.8 Å². The Bertz CT molecular complexity index is 408. The molecule has 2 radical (unpaired) electrons. The van der Waals surface area contributed by atoms with Crippen molar-refractivity contribution in [3.8, 4) is 0 Å². The van der Waals surface area contributed by atoms with Gasteiger partial charge in [-0.3, -0.25) is 0 Å². The molecule has 0 saturated carbocycles. The van der Waals surface area contributed by atoms with E-state index in [-0.39, 0.29) is 18.6 Å². The monoisotopic (exact) mass is 385 g/mol. The van der Waals surface area contributed by atoms with Crippen LogP contribution >= 0.6 is 10.2 Å². The van der Waals surface area contributed by atoms with E-state index >= 15 is 0 Å². The molecule has 2 atom stereocenters. The van der Waals surface area contributed by atoms with E-state index in [1.807, 2.05) is 0 Å². The van der Waals surface area contributed by atoms with Gasteiger partial charge in [-0.1, -0.05) is 0 Å². The molecule has 0 bridgehead atoms. The van der Waals surface area contributed by atoms with Crippen molar-refractivity contribution in [1.82, 2.24) is 16.4 Å². The van der Waals surface area contributed by atoms with Gasteiger partial charge in [-0.25, -0.2) is 0 Å². The number of hydrogen-bond acceptors (Lipinski definition) is 5. The van der Waals surface area contributed by atoms with Gasteiger partial charge in [0.2, 0.25) is 0 Å². The van der Waals surface area contributed by atoms with Crippen molar-refractivity contribution in [3.63, 3.8) is 0 Å². The second-order valence-corrected chi connectivity index (χ2v) is 6.00. The number of nitrogens with one attached hydrogen (secondary N) is 3. The van der Waals surface area contributed by atoms with Gasteiger partial charge in [-0.15, -0.1) is 0 Å². The van der Waals surface area contributed by atoms with Crippen molar-refractivity contribution in [2.24, 2.45) is 0 Å². The van der Waals surface area contributed by atoms with E-state index in [9.17, 15) is 19.2 Å². The van der Waals surface area contributed by atoms with Crippen LogP contribution in [0.25, 0.3) is 0 Å². The summed E-state index contributed by atoms with van der Waals surface area (Å²) in [6, 6.07) is -2.33. The topological polar surface area (TPSA) is 157 Å². The Kier molecular flexibility index (Phi) is 9.80. The van der Waals surface area contributed by atoms with Gasteiger partial charge in [0.25, 0.3) is 0 Å². The van der Waals surface area contributed by atoms with E-state index in [1.54, 1.807) is 0 Å². The summed E-state index contributed by atoms with van der Waals surface area (Å²) in [5.41, 5.74) is 7.15. The number of carbonyl (C=O) groups is 4. The van der Waals surface area contributed by atoms with Gasteiger partial charge in [-0.05, 0) is 0 Å². The molecule has 0 aromatic heterocycles. The van der Waals surface area contributed by atoms with Gasteiger partial charge in [0.05, 0.1) is 0 Å². The Balaban J connectivity index is 4.35. The van der Waals surface area contributed by atoms with Crippen molar-refractivity contribution >= 4 is 48.8 Å². The summed E-state index contributed by atoms with van der Waals surface area (Å²) < 4.78 is 0. The molecule has 0 saturated heterocycles. The fraction of sp³-hybridized carbons (Fsp3) is 0.600. The summed E-state index contributed by atoms with van der Waals surface area (Å²) in [6.45, 7) is -0.558. The Hall–Kier alpha value is -1.29. The number of hydrogen-bond donors (Lipinski definition) is 4. The quantitative estimate of drug-likeness (QED) is 0.318. The molecule has 2 unspecified atom stereocenters. The fourth-order valence-corrected chi connectivity index (χ4v) is 2.43. The van der Waals surface area contributed by atoms with Crippen LogP contribution in [0.4, 0.5) is 0 Å². The Morgan fingerprint density at radius 1 is 1.24 bits per heavy atom. The second kappa shape index (κ2) is 10.4. The average molecular weight is 384 g/mol. The van der Waals surface area contributed by atoms with Crippen LogP contribution in [-0.4, -0.2) is 73.2 Å². The van der Waals surface area contributed by atoms with Crippen LogP contribution in [-0.2, 0) is 19.2 Å². The maximum absolute atomic E-state index is 11.7. The Morgan fingerprint density at radius 3 is 2.33 bits per heavy atom. The first-order chi connectivity index (χ1) is 9.77. The summed E-state index contributed by atoms with van der Waals surface area (Å²) in [5, 5.41) is 21.5. The third-order valence-electron chi connectivity index (χ3n) is 2.26. The average Bonchev–Trinajstić information content (AvgIpc) is 2.41. The molecule has 0 aliphatic heterocycles. The molecule has 0 heterocycles. The molecular formula is C10H15N3O6SSe. The zero-order valence-corrected chi connectivity index (χ0v) is 13.4. The standard InChI is InChI=1S/C10H15N3O6SSe/c11-5(10(18)19)1-2-7(14)13-6(4-20-21)9(17)12-3-8(15)16/h5-6,11H,1-4H2,(H,12,17)(H,13,14)(H,15,16)(H,18,19). The van der Waals surface area contributed by atoms with Crippen molar-refractivity contribution < 1.29 is 29.4 Å². The summed E-state index contributed by atoms with van der Waals surface area (Å²) in [4.78, 5) is 44.1. The molecule has 11 heteroatoms. The van der Waals surface area contributed by atoms with Crippen LogP contribution < -0.4 is 16.4 Å². The Morgan fingerprint density at radius 2 is 1.86 bits per heavy atom. The number of rotatable bonds is 10. The third kappa shape index (κ3) is 9.29. The van der Waals surface area contributed by atoms with Crippen molar-refractivity contribution in [1.29, 1.82) is 0 Å². The third-order valence-corrected chi connectivity index (χ3v) is 3.58. The minimum atomic E-state index is -1.40. The Labute approximate surface area is 132 Å². The molecule has 0 aliphatic rings. The molecule has 5 N–H and O–H groups in total. The maximum atomic E-state index is 11.7. The van der Waals surface area contributed by atoms with Gasteiger partial charge < -0.3 is 0 Å². The summed E-state index contributed by atoms with van der Waals surface area (Å²) in [7, 11) is 1.16. The molecule has 0 fully saturated rings. The molecule has 118 valence electrons. The van der Waals surface area contributed by atoms with E-state index in [1.165, 1.54) is 0 Å². The summed E-state index contributed by atoms with van der Waals surface area (Å²) in [6.07, 6.45) is -0.378. The van der Waals surface area contributed by atoms with Gasteiger partial charge in [0, 0.05) is 0 Å². The van der Waals surface area contributed by atoms with Crippen molar-refractivity contribution in [2.45, 2.75) is 24.9 Å². The molecule has 21 heavy (non-hydrogen) atoms. The normalized spacial score (nSPS) is 13.0. The van der Waals surface area contributed by atoms with Crippen LogP contribution in [0.15, 0.2) is 0 Å². The van der Waals surface area contributed by atoms with Crippen LogP contribution in [0, 0.1) is 0 Å². The van der Waals surface area contributed by atoms with E-state index < -0.39 is 42.4 Å². The SMILES string of the molecule is [NH]C(CCC(=O)NC(CS[Se])C(=O)NCC(=O)O)C(=O)O. The second-order valence-electron chi connectivity index (χ2n) is 3.95. The molecule has 0 spiro atoms. The van der Waals surface area contributed by atoms with Crippen molar-refractivity contribution in [2.75, 3.05) is 12.3 Å². The van der Waals surface area contributed by atoms with Gasteiger partial charge >= 0.3 is 132 Å². The fourth-order valence-electron chi connectivity index (χ4n) is 1.20. The van der Waals surface area contributed by atoms with E-state index in [0.29, 0.717) is 0 Å². The molecule has 0 rings (SSSR count). The summed E-state index contributed by atoms with van der Waals surface area (Å²) in [5.74, 6) is -3.55. The first kappa shape index (κ1) is 19.7. The van der Waals surface area contributed by atoms with Crippen LogP contribution in [0.3, 0.4) is 0 Å². The first-order valence-electron chi connectivity index (χ1n) is 5.75. The minimum absolute atomic E-state index is 0.171. The summed E-state index contributed by atoms with van der Waals surface area (Å²) >= 11 is 2.59. The number of carboxylic acids is 2. The number of amides is 2. The van der Waals surface area contributed by atoms with E-state index in [2.05, 4.69) is 25.5 Å². The number of aliphatic carboxylic acids is 2. The molecular weight excluding hydrogens is 369 g/mol. The number of carboxylic acid groups (broad SMARTS) is 2. The molecule has 0 aliphatic carbocycles. The van der Waals surface area contributed by atoms with Crippen LogP contribution in [0.2, 0.25) is 0 Å². The first-order valence-corrected chi connectivity index (χ1v) is 8.76. The predicted molar refractivity (Wildman–Crippen MR) is 74.5 cm³/mol. The van der Waals surface area contributed by atoms with E-state index in [0.717, 1.165) is 10.2 Å². The van der Waals surface area contributed by atoms with Crippen LogP contribution in [0.5, 0.6) is 0 Å². The molecule has 0 aromatic rings. The molecule has 0 aromatic carbocycles. The zero-order chi connectivity index (χ0) is 16.4. The molecule has 2 amide bonds. The van der Waals surface area contributed by atoms with Gasteiger partial charge in [0.15, 0.2) is 0 Å². The predicted octanol–water partition coefficient (Wildman–Crippen LogP) is -1.99. The van der Waals surface area contributed by atoms with Gasteiger partial charge in [-0.2, -0.15) is 0 Å². The zero-order valence-electron chi connectivity index (χ0n) is 10.8. The van der Waals surface area contributed by atoms with Crippen molar-refractivity contribution in [3.05, 3.63) is 0 Å². The van der Waals surface area contributed by atoms with Gasteiger partial charge in [0.1, 0.15) is 0 Å². The van der Waals surface area contributed by atoms with E-state index in [4.69, 9.17) is 15.9 Å². The number of carbonyl (C=O) groups excluding carboxylic acids is 2. The molecule has 9 nitrogen and oxygen atoms in total.